The zero-order chi connectivity index (χ0) is 13.9. The molecule has 0 bridgehead atoms. The monoisotopic (exact) mass is 260 g/mol. The van der Waals surface area contributed by atoms with Crippen LogP contribution in [0.25, 0.3) is 0 Å². The second-order valence-electron chi connectivity index (χ2n) is 5.87. The Bertz CT molecular complexity index is 464. The van der Waals surface area contributed by atoms with Crippen molar-refractivity contribution in [2.45, 2.75) is 33.1 Å². The van der Waals surface area contributed by atoms with Crippen LogP contribution in [0.5, 0.6) is 0 Å². The van der Waals surface area contributed by atoms with E-state index in [4.69, 9.17) is 0 Å². The Hall–Kier alpha value is -1.35. The summed E-state index contributed by atoms with van der Waals surface area (Å²) in [6.45, 7) is 5.87. The maximum absolute atomic E-state index is 12.2. The van der Waals surface area contributed by atoms with Gasteiger partial charge in [0.25, 0.3) is 5.91 Å². The van der Waals surface area contributed by atoms with Crippen molar-refractivity contribution in [1.29, 1.82) is 0 Å². The number of carbonyl (C=O) groups is 1. The molecule has 1 aromatic rings. The third-order valence-electron chi connectivity index (χ3n) is 4.36. The summed E-state index contributed by atoms with van der Waals surface area (Å²) in [6.07, 6.45) is 3.70. The van der Waals surface area contributed by atoms with Crippen LogP contribution in [0.2, 0.25) is 0 Å². The van der Waals surface area contributed by atoms with Crippen molar-refractivity contribution in [3.8, 4) is 0 Å². The summed E-state index contributed by atoms with van der Waals surface area (Å²) in [5.41, 5.74) is 3.44. The van der Waals surface area contributed by atoms with E-state index in [9.17, 15) is 4.79 Å². The Labute approximate surface area is 115 Å². The number of benzene rings is 1. The van der Waals surface area contributed by atoms with Crippen LogP contribution in [0.15, 0.2) is 18.2 Å². The minimum Gasteiger partial charge on any atom is -0.351 e. The quantitative estimate of drug-likeness (QED) is 0.853. The van der Waals surface area contributed by atoms with E-state index in [1.807, 2.05) is 32.2 Å². The van der Waals surface area contributed by atoms with Crippen LogP contribution >= 0.6 is 0 Å². The fourth-order valence-corrected chi connectivity index (χ4v) is 2.72. The van der Waals surface area contributed by atoms with Crippen molar-refractivity contribution < 1.29 is 4.79 Å². The molecule has 0 unspecified atom stereocenters. The van der Waals surface area contributed by atoms with Gasteiger partial charge in [0, 0.05) is 24.1 Å². The molecule has 1 amide bonds. The largest absolute Gasteiger partial charge is 0.351 e. The molecular formula is C16H24N2O. The SMILES string of the molecule is CNCC1(CNC(=O)c2ccc(C)c(C)c2)CCC1. The summed E-state index contributed by atoms with van der Waals surface area (Å²) in [5, 5.41) is 6.33. The molecule has 0 aliphatic heterocycles. The van der Waals surface area contributed by atoms with Crippen molar-refractivity contribution in [1.82, 2.24) is 10.6 Å². The average Bonchev–Trinajstić information content (AvgIpc) is 2.35. The minimum absolute atomic E-state index is 0.0467. The van der Waals surface area contributed by atoms with Gasteiger partial charge in [0.15, 0.2) is 0 Å². The molecule has 0 heterocycles. The fourth-order valence-electron chi connectivity index (χ4n) is 2.72. The van der Waals surface area contributed by atoms with Crippen LogP contribution in [0.3, 0.4) is 0 Å². The van der Waals surface area contributed by atoms with Crippen molar-refractivity contribution >= 4 is 5.91 Å². The number of rotatable bonds is 5. The average molecular weight is 260 g/mol. The van der Waals surface area contributed by atoms with Gasteiger partial charge in [-0.3, -0.25) is 4.79 Å². The van der Waals surface area contributed by atoms with E-state index in [1.54, 1.807) is 0 Å². The number of amides is 1. The maximum atomic E-state index is 12.2. The molecule has 2 N–H and O–H groups in total. The van der Waals surface area contributed by atoms with E-state index in [-0.39, 0.29) is 11.3 Å². The lowest BCUT2D eigenvalue weighted by Gasteiger charge is -2.42. The topological polar surface area (TPSA) is 41.1 Å². The van der Waals surface area contributed by atoms with Crippen LogP contribution in [0.4, 0.5) is 0 Å². The molecular weight excluding hydrogens is 236 g/mol. The molecule has 1 aromatic carbocycles. The first kappa shape index (κ1) is 14.1. The van der Waals surface area contributed by atoms with Gasteiger partial charge in [0.05, 0.1) is 0 Å². The lowest BCUT2D eigenvalue weighted by molar-refractivity contribution is 0.0862. The third kappa shape index (κ3) is 3.16. The molecule has 0 atom stereocenters. The van der Waals surface area contributed by atoms with Crippen LogP contribution < -0.4 is 10.6 Å². The van der Waals surface area contributed by atoms with Gasteiger partial charge in [0.2, 0.25) is 0 Å². The molecule has 19 heavy (non-hydrogen) atoms. The normalized spacial score (nSPS) is 16.8. The first-order valence-electron chi connectivity index (χ1n) is 7.06. The molecule has 0 aromatic heterocycles. The van der Waals surface area contributed by atoms with Crippen LogP contribution in [0.1, 0.15) is 40.7 Å². The Morgan fingerprint density at radius 3 is 2.47 bits per heavy atom. The van der Waals surface area contributed by atoms with E-state index in [0.29, 0.717) is 0 Å². The Balaban J connectivity index is 1.95. The van der Waals surface area contributed by atoms with Crippen molar-refractivity contribution in [3.63, 3.8) is 0 Å². The number of hydrogen-bond donors (Lipinski definition) is 2. The number of aryl methyl sites for hydroxylation is 2. The van der Waals surface area contributed by atoms with Crippen LogP contribution in [-0.4, -0.2) is 26.0 Å². The highest BCUT2D eigenvalue weighted by Crippen LogP contribution is 2.39. The van der Waals surface area contributed by atoms with Gasteiger partial charge in [-0.1, -0.05) is 12.5 Å². The van der Waals surface area contributed by atoms with Crippen LogP contribution in [-0.2, 0) is 0 Å². The highest BCUT2D eigenvalue weighted by molar-refractivity contribution is 5.94. The van der Waals surface area contributed by atoms with Gasteiger partial charge in [-0.2, -0.15) is 0 Å². The maximum Gasteiger partial charge on any atom is 0.251 e. The Kier molecular flexibility index (Phi) is 4.25. The first-order chi connectivity index (χ1) is 9.06. The van der Waals surface area contributed by atoms with Crippen molar-refractivity contribution in [3.05, 3.63) is 34.9 Å². The smallest absolute Gasteiger partial charge is 0.251 e. The predicted octanol–water partition coefficient (Wildman–Crippen LogP) is 2.42. The summed E-state index contributed by atoms with van der Waals surface area (Å²) < 4.78 is 0. The Morgan fingerprint density at radius 2 is 1.95 bits per heavy atom. The molecule has 1 fully saturated rings. The molecule has 3 heteroatoms. The van der Waals surface area contributed by atoms with E-state index >= 15 is 0 Å². The summed E-state index contributed by atoms with van der Waals surface area (Å²) in [7, 11) is 1.98. The van der Waals surface area contributed by atoms with Crippen molar-refractivity contribution in [2.75, 3.05) is 20.1 Å². The zero-order valence-electron chi connectivity index (χ0n) is 12.2. The number of carbonyl (C=O) groups excluding carboxylic acids is 1. The van der Waals surface area contributed by atoms with Gasteiger partial charge in [0.1, 0.15) is 0 Å². The fraction of sp³-hybridized carbons (Fsp3) is 0.562. The first-order valence-corrected chi connectivity index (χ1v) is 7.06. The summed E-state index contributed by atoms with van der Waals surface area (Å²) >= 11 is 0. The van der Waals surface area contributed by atoms with Gasteiger partial charge in [-0.15, -0.1) is 0 Å². The predicted molar refractivity (Wildman–Crippen MR) is 78.5 cm³/mol. The third-order valence-corrected chi connectivity index (χ3v) is 4.36. The second kappa shape index (κ2) is 5.74. The lowest BCUT2D eigenvalue weighted by atomic mass is 9.68. The van der Waals surface area contributed by atoms with Gasteiger partial charge in [-0.25, -0.2) is 0 Å². The summed E-state index contributed by atoms with van der Waals surface area (Å²) in [4.78, 5) is 12.2. The molecule has 1 aliphatic rings. The van der Waals surface area contributed by atoms with Gasteiger partial charge in [-0.05, 0) is 57.0 Å². The molecule has 1 aliphatic carbocycles. The van der Waals surface area contributed by atoms with E-state index < -0.39 is 0 Å². The summed E-state index contributed by atoms with van der Waals surface area (Å²) in [5.74, 6) is 0.0467. The molecule has 0 spiro atoms. The summed E-state index contributed by atoms with van der Waals surface area (Å²) in [6, 6.07) is 5.89. The highest BCUT2D eigenvalue weighted by Gasteiger charge is 2.36. The standard InChI is InChI=1S/C16H24N2O/c1-12-5-6-14(9-13(12)2)15(19)18-11-16(10-17-3)7-4-8-16/h5-6,9,17H,4,7-8,10-11H2,1-3H3,(H,18,19). The minimum atomic E-state index is 0.0467. The molecule has 0 saturated heterocycles. The highest BCUT2D eigenvalue weighted by atomic mass is 16.1. The van der Waals surface area contributed by atoms with Gasteiger partial charge < -0.3 is 10.6 Å². The van der Waals surface area contributed by atoms with Crippen LogP contribution in [0, 0.1) is 19.3 Å². The van der Waals surface area contributed by atoms with E-state index in [1.165, 1.54) is 30.4 Å². The van der Waals surface area contributed by atoms with Crippen molar-refractivity contribution in [2.24, 2.45) is 5.41 Å². The lowest BCUT2D eigenvalue weighted by Crippen LogP contribution is -2.47. The molecule has 3 nitrogen and oxygen atoms in total. The van der Waals surface area contributed by atoms with E-state index in [0.717, 1.165) is 18.7 Å². The number of nitrogens with one attached hydrogen (secondary N) is 2. The molecule has 0 radical (unpaired) electrons. The Morgan fingerprint density at radius 1 is 1.21 bits per heavy atom. The molecule has 2 rings (SSSR count). The zero-order valence-corrected chi connectivity index (χ0v) is 12.2. The number of hydrogen-bond acceptors (Lipinski definition) is 2. The molecule has 104 valence electrons. The van der Waals surface area contributed by atoms with E-state index in [2.05, 4.69) is 17.6 Å². The second-order valence-corrected chi connectivity index (χ2v) is 5.87. The van der Waals surface area contributed by atoms with Gasteiger partial charge >= 0.3 is 0 Å². The molecule has 1 saturated carbocycles.